The molecule has 1 aromatic carbocycles. The maximum Gasteiger partial charge on any atom is 0.243 e. The molecule has 0 saturated heterocycles. The van der Waals surface area contributed by atoms with Crippen molar-refractivity contribution in [3.05, 3.63) is 29.8 Å². The first-order valence-electron chi connectivity index (χ1n) is 7.24. The summed E-state index contributed by atoms with van der Waals surface area (Å²) in [5.41, 5.74) is 0.677. The van der Waals surface area contributed by atoms with Crippen molar-refractivity contribution in [1.82, 2.24) is 4.31 Å². The smallest absolute Gasteiger partial charge is 0.207 e. The third kappa shape index (κ3) is 3.45. The van der Waals surface area contributed by atoms with E-state index in [0.29, 0.717) is 11.0 Å². The Bertz CT molecular complexity index is 649. The molecule has 1 fully saturated rings. The van der Waals surface area contributed by atoms with E-state index < -0.39 is 10.0 Å². The molecule has 5 heteroatoms. The molecule has 0 aliphatic heterocycles. The first-order chi connectivity index (χ1) is 9.76. The van der Waals surface area contributed by atoms with Crippen LogP contribution >= 0.6 is 0 Å². The van der Waals surface area contributed by atoms with E-state index in [4.69, 9.17) is 5.26 Å². The van der Waals surface area contributed by atoms with Crippen molar-refractivity contribution in [3.8, 4) is 6.07 Å². The Labute approximate surface area is 127 Å². The molecule has 1 aromatic rings. The van der Waals surface area contributed by atoms with Gasteiger partial charge in [0.25, 0.3) is 0 Å². The molecule has 0 bridgehead atoms. The second-order valence-corrected chi connectivity index (χ2v) is 8.55. The van der Waals surface area contributed by atoms with Crippen LogP contribution in [0.1, 0.15) is 45.1 Å². The topological polar surface area (TPSA) is 61.2 Å². The monoisotopic (exact) mass is 306 g/mol. The second kappa shape index (κ2) is 5.78. The molecule has 0 aromatic heterocycles. The zero-order valence-corrected chi connectivity index (χ0v) is 13.7. The Hall–Kier alpha value is -1.38. The molecule has 21 heavy (non-hydrogen) atoms. The number of sulfonamides is 1. The summed E-state index contributed by atoms with van der Waals surface area (Å²) < 4.78 is 26.8. The fraction of sp³-hybridized carbons (Fsp3) is 0.562. The van der Waals surface area contributed by atoms with Gasteiger partial charge in [0.05, 0.1) is 16.5 Å². The molecular formula is C16H22N2O2S. The van der Waals surface area contributed by atoms with Crippen LogP contribution in [0.3, 0.4) is 0 Å². The zero-order chi connectivity index (χ0) is 15.7. The summed E-state index contributed by atoms with van der Waals surface area (Å²) in [6.45, 7) is 4.46. The molecule has 1 aliphatic carbocycles. The molecule has 0 N–H and O–H groups in total. The third-order valence-electron chi connectivity index (χ3n) is 4.46. The van der Waals surface area contributed by atoms with E-state index in [1.165, 1.54) is 10.4 Å². The lowest BCUT2D eigenvalue weighted by Gasteiger charge is -2.38. The van der Waals surface area contributed by atoms with Crippen LogP contribution in [0.25, 0.3) is 0 Å². The van der Waals surface area contributed by atoms with E-state index in [1.54, 1.807) is 25.2 Å². The SMILES string of the molecule is CN(C1CCC(C)(C)CC1)S(=O)(=O)c1cccc(C#N)c1. The largest absolute Gasteiger partial charge is 0.243 e. The summed E-state index contributed by atoms with van der Waals surface area (Å²) in [5.74, 6) is 0. The minimum Gasteiger partial charge on any atom is -0.207 e. The van der Waals surface area contributed by atoms with Gasteiger partial charge >= 0.3 is 0 Å². The van der Waals surface area contributed by atoms with Gasteiger partial charge in [-0.15, -0.1) is 0 Å². The third-order valence-corrected chi connectivity index (χ3v) is 6.37. The highest BCUT2D eigenvalue weighted by molar-refractivity contribution is 7.89. The van der Waals surface area contributed by atoms with E-state index in [0.717, 1.165) is 25.7 Å². The van der Waals surface area contributed by atoms with Crippen LogP contribution < -0.4 is 0 Å². The molecule has 114 valence electrons. The number of hydrogen-bond donors (Lipinski definition) is 0. The highest BCUT2D eigenvalue weighted by Gasteiger charge is 2.34. The number of benzene rings is 1. The maximum atomic E-state index is 12.7. The molecule has 0 unspecified atom stereocenters. The van der Waals surface area contributed by atoms with Crippen molar-refractivity contribution in [3.63, 3.8) is 0 Å². The van der Waals surface area contributed by atoms with Crippen LogP contribution in [0.5, 0.6) is 0 Å². The first kappa shape index (κ1) is 16.0. The van der Waals surface area contributed by atoms with Gasteiger partial charge in [-0.3, -0.25) is 0 Å². The number of nitrogens with zero attached hydrogens (tertiary/aromatic N) is 2. The number of rotatable bonds is 3. The van der Waals surface area contributed by atoms with Crippen molar-refractivity contribution in [2.24, 2.45) is 5.41 Å². The summed E-state index contributed by atoms with van der Waals surface area (Å²) in [6, 6.07) is 8.26. The second-order valence-electron chi connectivity index (χ2n) is 6.56. The summed E-state index contributed by atoms with van der Waals surface area (Å²) in [5, 5.41) is 8.91. The van der Waals surface area contributed by atoms with E-state index >= 15 is 0 Å². The Balaban J connectivity index is 2.21. The Morgan fingerprint density at radius 1 is 1.29 bits per heavy atom. The van der Waals surface area contributed by atoms with Crippen molar-refractivity contribution >= 4 is 10.0 Å². The lowest BCUT2D eigenvalue weighted by Crippen LogP contribution is -2.40. The Kier molecular flexibility index (Phi) is 4.40. The highest BCUT2D eigenvalue weighted by Crippen LogP contribution is 2.37. The number of nitriles is 1. The predicted molar refractivity (Wildman–Crippen MR) is 82.1 cm³/mol. The zero-order valence-electron chi connectivity index (χ0n) is 12.8. The maximum absolute atomic E-state index is 12.7. The normalized spacial score (nSPS) is 19.4. The molecule has 0 spiro atoms. The van der Waals surface area contributed by atoms with Gasteiger partial charge in [-0.2, -0.15) is 9.57 Å². The van der Waals surface area contributed by atoms with Crippen LogP contribution in [-0.4, -0.2) is 25.8 Å². The van der Waals surface area contributed by atoms with Crippen molar-refractivity contribution < 1.29 is 8.42 Å². The summed E-state index contributed by atoms with van der Waals surface area (Å²) in [4.78, 5) is 0.203. The molecule has 0 atom stereocenters. The van der Waals surface area contributed by atoms with Crippen molar-refractivity contribution in [2.45, 2.75) is 50.5 Å². The van der Waals surface area contributed by atoms with Crippen molar-refractivity contribution in [1.29, 1.82) is 5.26 Å². The van der Waals surface area contributed by atoms with Gasteiger partial charge in [0.1, 0.15) is 0 Å². The van der Waals surface area contributed by atoms with Crippen LogP contribution in [0, 0.1) is 16.7 Å². The van der Waals surface area contributed by atoms with Crippen LogP contribution in [0.15, 0.2) is 29.2 Å². The molecule has 0 radical (unpaired) electrons. The van der Waals surface area contributed by atoms with E-state index in [1.807, 2.05) is 6.07 Å². The van der Waals surface area contributed by atoms with Gasteiger partial charge in [-0.05, 0) is 49.3 Å². The van der Waals surface area contributed by atoms with Gasteiger partial charge in [-0.1, -0.05) is 19.9 Å². The van der Waals surface area contributed by atoms with Crippen LogP contribution in [-0.2, 0) is 10.0 Å². The van der Waals surface area contributed by atoms with E-state index in [-0.39, 0.29) is 10.9 Å². The van der Waals surface area contributed by atoms with E-state index in [9.17, 15) is 8.42 Å². The summed E-state index contributed by atoms with van der Waals surface area (Å²) in [6.07, 6.45) is 3.85. The van der Waals surface area contributed by atoms with Gasteiger partial charge in [-0.25, -0.2) is 8.42 Å². The Morgan fingerprint density at radius 3 is 2.48 bits per heavy atom. The average Bonchev–Trinajstić information content (AvgIpc) is 2.46. The lowest BCUT2D eigenvalue weighted by molar-refractivity contribution is 0.174. The fourth-order valence-electron chi connectivity index (χ4n) is 2.84. The van der Waals surface area contributed by atoms with Crippen molar-refractivity contribution in [2.75, 3.05) is 7.05 Å². The van der Waals surface area contributed by atoms with Gasteiger partial charge in [0, 0.05) is 13.1 Å². The van der Waals surface area contributed by atoms with Gasteiger partial charge in [0.2, 0.25) is 10.0 Å². The highest BCUT2D eigenvalue weighted by atomic mass is 32.2. The quantitative estimate of drug-likeness (QED) is 0.862. The minimum atomic E-state index is -3.53. The van der Waals surface area contributed by atoms with Gasteiger partial charge in [0.15, 0.2) is 0 Å². The molecule has 1 aliphatic rings. The van der Waals surface area contributed by atoms with Crippen LogP contribution in [0.4, 0.5) is 0 Å². The van der Waals surface area contributed by atoms with Crippen LogP contribution in [0.2, 0.25) is 0 Å². The summed E-state index contributed by atoms with van der Waals surface area (Å²) >= 11 is 0. The fourth-order valence-corrected chi connectivity index (χ4v) is 4.30. The standard InChI is InChI=1S/C16H22N2O2S/c1-16(2)9-7-14(8-10-16)18(3)21(19,20)15-6-4-5-13(11-15)12-17/h4-6,11,14H,7-10H2,1-3H3. The van der Waals surface area contributed by atoms with Gasteiger partial charge < -0.3 is 0 Å². The summed E-state index contributed by atoms with van der Waals surface area (Å²) in [7, 11) is -1.88. The first-order valence-corrected chi connectivity index (χ1v) is 8.68. The Morgan fingerprint density at radius 2 is 1.90 bits per heavy atom. The molecule has 0 heterocycles. The molecule has 4 nitrogen and oxygen atoms in total. The van der Waals surface area contributed by atoms with E-state index in [2.05, 4.69) is 13.8 Å². The molecule has 0 amide bonds. The minimum absolute atomic E-state index is 0.0498. The molecular weight excluding hydrogens is 284 g/mol. The predicted octanol–water partition coefficient (Wildman–Crippen LogP) is 3.15. The average molecular weight is 306 g/mol. The molecule has 2 rings (SSSR count). The number of hydrogen-bond acceptors (Lipinski definition) is 3. The molecule has 1 saturated carbocycles. The lowest BCUT2D eigenvalue weighted by atomic mass is 9.76.